The second kappa shape index (κ2) is 4.94. The van der Waals surface area contributed by atoms with Crippen LogP contribution in [0.5, 0.6) is 5.75 Å². The number of carbonyl (C=O) groups is 1. The molecule has 0 aromatic heterocycles. The predicted molar refractivity (Wildman–Crippen MR) is 76.5 cm³/mol. The summed E-state index contributed by atoms with van der Waals surface area (Å²) < 4.78 is 5.59. The van der Waals surface area contributed by atoms with Crippen molar-refractivity contribution in [3.05, 3.63) is 70.8 Å². The van der Waals surface area contributed by atoms with Gasteiger partial charge in [0.05, 0.1) is 5.56 Å². The SMILES string of the molecule is Cc1ccc2c(c1)C(=O)/C(=C/Sc1ccccc1)O2. The van der Waals surface area contributed by atoms with Crippen molar-refractivity contribution in [2.75, 3.05) is 0 Å². The lowest BCUT2D eigenvalue weighted by Gasteiger charge is -1.98. The molecule has 0 spiro atoms. The first kappa shape index (κ1) is 12.1. The largest absolute Gasteiger partial charge is 0.452 e. The third-order valence-corrected chi connectivity index (χ3v) is 3.74. The van der Waals surface area contributed by atoms with Gasteiger partial charge in [0.1, 0.15) is 5.75 Å². The zero-order chi connectivity index (χ0) is 13.2. The van der Waals surface area contributed by atoms with E-state index in [2.05, 4.69) is 0 Å². The zero-order valence-corrected chi connectivity index (χ0v) is 11.2. The Bertz CT molecular complexity index is 660. The summed E-state index contributed by atoms with van der Waals surface area (Å²) in [5.41, 5.74) is 1.72. The number of ether oxygens (including phenoxy) is 1. The average molecular weight is 268 g/mol. The molecule has 19 heavy (non-hydrogen) atoms. The van der Waals surface area contributed by atoms with Crippen molar-refractivity contribution in [2.45, 2.75) is 11.8 Å². The van der Waals surface area contributed by atoms with Crippen LogP contribution in [0.1, 0.15) is 15.9 Å². The van der Waals surface area contributed by atoms with E-state index in [1.165, 1.54) is 11.8 Å². The second-order valence-corrected chi connectivity index (χ2v) is 5.29. The van der Waals surface area contributed by atoms with Crippen LogP contribution in [0, 0.1) is 6.92 Å². The Balaban J connectivity index is 1.84. The molecule has 1 aliphatic heterocycles. The topological polar surface area (TPSA) is 26.3 Å². The van der Waals surface area contributed by atoms with Gasteiger partial charge in [0.25, 0.3) is 0 Å². The summed E-state index contributed by atoms with van der Waals surface area (Å²) in [5, 5.41) is 1.77. The molecule has 0 aliphatic carbocycles. The fourth-order valence-corrected chi connectivity index (χ4v) is 2.62. The van der Waals surface area contributed by atoms with Gasteiger partial charge >= 0.3 is 0 Å². The van der Waals surface area contributed by atoms with Crippen LogP contribution in [0.25, 0.3) is 0 Å². The van der Waals surface area contributed by atoms with Crippen LogP contribution >= 0.6 is 11.8 Å². The van der Waals surface area contributed by atoms with Crippen molar-refractivity contribution in [2.24, 2.45) is 0 Å². The van der Waals surface area contributed by atoms with Gasteiger partial charge < -0.3 is 4.74 Å². The molecule has 0 N–H and O–H groups in total. The maximum atomic E-state index is 12.2. The monoisotopic (exact) mass is 268 g/mol. The fourth-order valence-electron chi connectivity index (χ4n) is 1.91. The van der Waals surface area contributed by atoms with Crippen LogP contribution in [0.3, 0.4) is 0 Å². The number of allylic oxidation sites excluding steroid dienone is 1. The van der Waals surface area contributed by atoms with E-state index in [0.717, 1.165) is 10.5 Å². The fraction of sp³-hybridized carbons (Fsp3) is 0.0625. The van der Waals surface area contributed by atoms with Crippen LogP contribution in [-0.2, 0) is 0 Å². The maximum Gasteiger partial charge on any atom is 0.232 e. The van der Waals surface area contributed by atoms with Gasteiger partial charge in [-0.15, -0.1) is 0 Å². The molecule has 0 saturated carbocycles. The highest BCUT2D eigenvalue weighted by Crippen LogP contribution is 2.33. The first-order valence-electron chi connectivity index (χ1n) is 5.99. The van der Waals surface area contributed by atoms with Gasteiger partial charge in [-0.3, -0.25) is 4.79 Å². The van der Waals surface area contributed by atoms with Gasteiger partial charge in [-0.1, -0.05) is 41.6 Å². The number of benzene rings is 2. The molecule has 2 aromatic rings. The molecule has 0 saturated heterocycles. The van der Waals surface area contributed by atoms with Crippen molar-refractivity contribution in [1.82, 2.24) is 0 Å². The van der Waals surface area contributed by atoms with Gasteiger partial charge in [-0.25, -0.2) is 0 Å². The smallest absolute Gasteiger partial charge is 0.232 e. The number of ketones is 1. The lowest BCUT2D eigenvalue weighted by atomic mass is 10.1. The van der Waals surface area contributed by atoms with E-state index >= 15 is 0 Å². The highest BCUT2D eigenvalue weighted by Gasteiger charge is 2.26. The summed E-state index contributed by atoms with van der Waals surface area (Å²) in [6.45, 7) is 1.97. The first-order valence-corrected chi connectivity index (χ1v) is 6.87. The van der Waals surface area contributed by atoms with Crippen molar-refractivity contribution in [3.63, 3.8) is 0 Å². The van der Waals surface area contributed by atoms with Gasteiger partial charge in [-0.05, 0) is 31.2 Å². The molecule has 94 valence electrons. The molecular weight excluding hydrogens is 256 g/mol. The molecule has 2 aromatic carbocycles. The van der Waals surface area contributed by atoms with Crippen LogP contribution in [0.15, 0.2) is 64.6 Å². The third-order valence-electron chi connectivity index (χ3n) is 2.87. The van der Waals surface area contributed by atoms with E-state index in [1.807, 2.05) is 55.5 Å². The second-order valence-electron chi connectivity index (χ2n) is 4.34. The first-order chi connectivity index (χ1) is 9.24. The Hall–Kier alpha value is -2.00. The lowest BCUT2D eigenvalue weighted by Crippen LogP contribution is -1.97. The maximum absolute atomic E-state index is 12.2. The number of hydrogen-bond donors (Lipinski definition) is 0. The van der Waals surface area contributed by atoms with Crippen molar-refractivity contribution >= 4 is 17.5 Å². The standard InChI is InChI=1S/C16H12O2S/c1-11-7-8-14-13(9-11)16(17)15(18-14)10-19-12-5-3-2-4-6-12/h2-10H,1H3/b15-10-. The minimum atomic E-state index is -0.0397. The van der Waals surface area contributed by atoms with Crippen LogP contribution in [0.4, 0.5) is 0 Å². The van der Waals surface area contributed by atoms with Crippen LogP contribution in [0.2, 0.25) is 0 Å². The van der Waals surface area contributed by atoms with Gasteiger partial charge in [0, 0.05) is 10.3 Å². The molecule has 1 heterocycles. The normalized spacial score (nSPS) is 15.4. The van der Waals surface area contributed by atoms with Crippen LogP contribution in [-0.4, -0.2) is 5.78 Å². The Morgan fingerprint density at radius 3 is 2.68 bits per heavy atom. The minimum Gasteiger partial charge on any atom is -0.452 e. The van der Waals surface area contributed by atoms with E-state index < -0.39 is 0 Å². The van der Waals surface area contributed by atoms with E-state index in [-0.39, 0.29) is 5.78 Å². The van der Waals surface area contributed by atoms with Crippen LogP contribution < -0.4 is 4.74 Å². The average Bonchev–Trinajstić information content (AvgIpc) is 2.74. The summed E-state index contributed by atoms with van der Waals surface area (Å²) in [6.07, 6.45) is 0. The highest BCUT2D eigenvalue weighted by molar-refractivity contribution is 8.02. The Morgan fingerprint density at radius 1 is 1.11 bits per heavy atom. The molecule has 2 nitrogen and oxygen atoms in total. The zero-order valence-electron chi connectivity index (χ0n) is 10.4. The van der Waals surface area contributed by atoms with E-state index in [9.17, 15) is 4.79 Å². The lowest BCUT2D eigenvalue weighted by molar-refractivity contribution is 0.101. The number of fused-ring (bicyclic) bond motifs is 1. The molecule has 3 heteroatoms. The number of aryl methyl sites for hydroxylation is 1. The van der Waals surface area contributed by atoms with E-state index in [1.54, 1.807) is 5.41 Å². The van der Waals surface area contributed by atoms with Crippen molar-refractivity contribution < 1.29 is 9.53 Å². The summed E-state index contributed by atoms with van der Waals surface area (Å²) in [4.78, 5) is 13.2. The molecule has 0 amide bonds. The minimum absolute atomic E-state index is 0.0397. The van der Waals surface area contributed by atoms with Gasteiger partial charge in [-0.2, -0.15) is 0 Å². The number of rotatable bonds is 2. The Labute approximate surface area is 116 Å². The molecule has 0 radical (unpaired) electrons. The number of thioether (sulfide) groups is 1. The molecule has 1 aliphatic rings. The third kappa shape index (κ3) is 2.42. The van der Waals surface area contributed by atoms with Gasteiger partial charge in [0.2, 0.25) is 5.78 Å². The molecule has 0 unspecified atom stereocenters. The van der Waals surface area contributed by atoms with Gasteiger partial charge in [0.15, 0.2) is 5.76 Å². The number of hydrogen-bond acceptors (Lipinski definition) is 3. The summed E-state index contributed by atoms with van der Waals surface area (Å²) in [5.74, 6) is 1.01. The summed E-state index contributed by atoms with van der Waals surface area (Å²) in [7, 11) is 0. The molecule has 0 fully saturated rings. The predicted octanol–water partition coefficient (Wildman–Crippen LogP) is 4.20. The van der Waals surface area contributed by atoms with Crippen molar-refractivity contribution in [3.8, 4) is 5.75 Å². The summed E-state index contributed by atoms with van der Waals surface area (Å²) >= 11 is 1.49. The van der Waals surface area contributed by atoms with E-state index in [0.29, 0.717) is 17.1 Å². The molecular formula is C16H12O2S. The Morgan fingerprint density at radius 2 is 1.89 bits per heavy atom. The number of carbonyl (C=O) groups excluding carboxylic acids is 1. The number of Topliss-reactive ketones (excluding diaryl/α,β-unsaturated/α-hetero) is 1. The van der Waals surface area contributed by atoms with Crippen molar-refractivity contribution in [1.29, 1.82) is 0 Å². The highest BCUT2D eigenvalue weighted by atomic mass is 32.2. The molecule has 3 rings (SSSR count). The van der Waals surface area contributed by atoms with E-state index in [4.69, 9.17) is 4.74 Å². The Kier molecular flexibility index (Phi) is 3.13. The molecule has 0 atom stereocenters. The molecule has 0 bridgehead atoms. The quantitative estimate of drug-likeness (QED) is 0.603. The summed E-state index contributed by atoms with van der Waals surface area (Å²) in [6, 6.07) is 15.6.